The van der Waals surface area contributed by atoms with Gasteiger partial charge in [0.2, 0.25) is 0 Å². The van der Waals surface area contributed by atoms with Crippen LogP contribution >= 0.6 is 11.3 Å². The van der Waals surface area contributed by atoms with Gasteiger partial charge in [-0.25, -0.2) is 0 Å². The van der Waals surface area contributed by atoms with Gasteiger partial charge in [0, 0.05) is 0 Å². The average molecular weight is 364 g/mol. The third-order valence-corrected chi connectivity index (χ3v) is 7.43. The summed E-state index contributed by atoms with van der Waals surface area (Å²) in [6.45, 7) is 2.27. The van der Waals surface area contributed by atoms with Crippen molar-refractivity contribution in [2.24, 2.45) is 0 Å². The molecule has 0 spiro atoms. The Kier molecular flexibility index (Phi) is 2.52. The Labute approximate surface area is 120 Å². The summed E-state index contributed by atoms with van der Waals surface area (Å²) < 4.78 is 4.69. The van der Waals surface area contributed by atoms with Gasteiger partial charge >= 0.3 is 121 Å². The second kappa shape index (κ2) is 4.10. The Morgan fingerprint density at radius 1 is 1.11 bits per heavy atom. The Morgan fingerprint density at radius 3 is 2.89 bits per heavy atom. The molecule has 0 N–H and O–H groups in total. The molecule has 3 aromatic rings. The number of hydrogen-bond acceptors (Lipinski definition) is 1. The third-order valence-electron chi connectivity index (χ3n) is 3.37. The summed E-state index contributed by atoms with van der Waals surface area (Å²) in [6, 6.07) is 9.57. The van der Waals surface area contributed by atoms with Gasteiger partial charge in [-0.1, -0.05) is 0 Å². The first-order valence-corrected chi connectivity index (χ1v) is 9.24. The van der Waals surface area contributed by atoms with Crippen LogP contribution in [0, 0.1) is 6.92 Å². The summed E-state index contributed by atoms with van der Waals surface area (Å²) in [4.78, 5) is 1.44. The van der Waals surface area contributed by atoms with E-state index in [2.05, 4.69) is 49.4 Å². The summed E-state index contributed by atoms with van der Waals surface area (Å²) in [5.41, 5.74) is 1.47. The summed E-state index contributed by atoms with van der Waals surface area (Å²) in [7, 11) is 0. The van der Waals surface area contributed by atoms with Gasteiger partial charge in [-0.2, -0.15) is 0 Å². The molecule has 18 heavy (non-hydrogen) atoms. The van der Waals surface area contributed by atoms with E-state index in [0.717, 1.165) is 6.42 Å². The van der Waals surface area contributed by atoms with Crippen molar-refractivity contribution in [1.29, 1.82) is 0 Å². The van der Waals surface area contributed by atoms with E-state index in [-0.39, 0.29) is 20.4 Å². The van der Waals surface area contributed by atoms with Crippen LogP contribution in [0.25, 0.3) is 24.4 Å². The standard InChI is InChI=1S/C16H12STe/c1-10-6-13-7-12-8-14(11-4-2-3-5-11)17-15(12)9-16(13)18-10/h2-4,6-9H,5H2,1H3. The average Bonchev–Trinajstić information content (AvgIpc) is 3.02. The SMILES string of the molecule is Cc1cc2cc3cc(C4=CC=CC4)sc3cc2[te]1. The fraction of sp³-hybridized carbons (Fsp3) is 0.125. The van der Waals surface area contributed by atoms with Crippen molar-refractivity contribution in [2.75, 3.05) is 0 Å². The normalized spacial score (nSPS) is 14.8. The Bertz CT molecular complexity index is 763. The Hall–Kier alpha value is -0.810. The van der Waals surface area contributed by atoms with Crippen LogP contribution in [0.5, 0.6) is 0 Å². The molecule has 0 saturated carbocycles. The first-order valence-electron chi connectivity index (χ1n) is 6.09. The molecular weight excluding hydrogens is 352 g/mol. The van der Waals surface area contributed by atoms with E-state index in [0.29, 0.717) is 0 Å². The van der Waals surface area contributed by atoms with Gasteiger partial charge in [0.25, 0.3) is 0 Å². The zero-order chi connectivity index (χ0) is 12.1. The molecule has 4 rings (SSSR count). The molecule has 1 aliphatic carbocycles. The fourth-order valence-electron chi connectivity index (χ4n) is 2.50. The first kappa shape index (κ1) is 11.1. The summed E-state index contributed by atoms with van der Waals surface area (Å²) in [6.07, 6.45) is 7.74. The van der Waals surface area contributed by atoms with Crippen molar-refractivity contribution < 1.29 is 0 Å². The van der Waals surface area contributed by atoms with Crippen LogP contribution in [-0.2, 0) is 0 Å². The molecule has 88 valence electrons. The molecule has 0 nitrogen and oxygen atoms in total. The van der Waals surface area contributed by atoms with E-state index in [1.807, 2.05) is 11.3 Å². The van der Waals surface area contributed by atoms with Crippen LogP contribution in [0.2, 0.25) is 0 Å². The van der Waals surface area contributed by atoms with Crippen LogP contribution in [0.3, 0.4) is 0 Å². The van der Waals surface area contributed by atoms with E-state index in [4.69, 9.17) is 0 Å². The molecule has 2 heteroatoms. The van der Waals surface area contributed by atoms with Crippen molar-refractivity contribution >= 4 is 56.2 Å². The second-order valence-electron chi connectivity index (χ2n) is 4.72. The molecule has 2 heterocycles. The molecule has 0 saturated heterocycles. The molecule has 2 aromatic heterocycles. The van der Waals surface area contributed by atoms with E-state index in [1.165, 1.54) is 25.9 Å². The van der Waals surface area contributed by atoms with Crippen LogP contribution < -0.4 is 0 Å². The van der Waals surface area contributed by atoms with Crippen molar-refractivity contribution in [1.82, 2.24) is 0 Å². The van der Waals surface area contributed by atoms with Crippen molar-refractivity contribution in [3.05, 3.63) is 50.9 Å². The monoisotopic (exact) mass is 366 g/mol. The third kappa shape index (κ3) is 1.72. The predicted octanol–water partition coefficient (Wildman–Crippen LogP) is 4.76. The maximum atomic E-state index is 2.44. The first-order chi connectivity index (χ1) is 8.79. The zero-order valence-corrected chi connectivity index (χ0v) is 13.2. The zero-order valence-electron chi connectivity index (χ0n) is 10.1. The number of aryl methyl sites for hydroxylation is 1. The topological polar surface area (TPSA) is 0 Å². The molecule has 0 atom stereocenters. The van der Waals surface area contributed by atoms with Crippen molar-refractivity contribution in [3.8, 4) is 0 Å². The molecule has 0 aliphatic heterocycles. The molecule has 1 aromatic carbocycles. The molecular formula is C16H12STe. The van der Waals surface area contributed by atoms with Crippen molar-refractivity contribution in [2.45, 2.75) is 13.3 Å². The fourth-order valence-corrected chi connectivity index (χ4v) is 6.55. The van der Waals surface area contributed by atoms with Crippen LogP contribution in [-0.4, -0.2) is 20.4 Å². The van der Waals surface area contributed by atoms with Gasteiger partial charge < -0.3 is 0 Å². The summed E-state index contributed by atoms with van der Waals surface area (Å²) in [5, 5.41) is 2.89. The number of hydrogen-bond donors (Lipinski definition) is 0. The van der Waals surface area contributed by atoms with Gasteiger partial charge in [0.05, 0.1) is 0 Å². The molecule has 0 fully saturated rings. The Balaban J connectivity index is 1.94. The molecule has 0 unspecified atom stereocenters. The molecule has 1 aliphatic rings. The molecule has 0 bridgehead atoms. The van der Waals surface area contributed by atoms with Gasteiger partial charge in [-0.3, -0.25) is 0 Å². The van der Waals surface area contributed by atoms with Crippen LogP contribution in [0.1, 0.15) is 14.9 Å². The van der Waals surface area contributed by atoms with Crippen LogP contribution in [0.4, 0.5) is 0 Å². The minimum absolute atomic E-state index is 0.0586. The van der Waals surface area contributed by atoms with Crippen LogP contribution in [0.15, 0.2) is 42.5 Å². The van der Waals surface area contributed by atoms with Gasteiger partial charge in [0.15, 0.2) is 0 Å². The minimum atomic E-state index is -0.0586. The quantitative estimate of drug-likeness (QED) is 0.547. The van der Waals surface area contributed by atoms with Gasteiger partial charge in [0.1, 0.15) is 0 Å². The van der Waals surface area contributed by atoms with Gasteiger partial charge in [-0.05, 0) is 0 Å². The van der Waals surface area contributed by atoms with E-state index < -0.39 is 0 Å². The van der Waals surface area contributed by atoms with Gasteiger partial charge in [-0.15, -0.1) is 0 Å². The predicted molar refractivity (Wildman–Crippen MR) is 82.7 cm³/mol. The number of rotatable bonds is 1. The molecule has 0 radical (unpaired) electrons. The number of thiophene rings is 1. The maximum absolute atomic E-state index is 2.44. The Morgan fingerprint density at radius 2 is 2.06 bits per heavy atom. The second-order valence-corrected chi connectivity index (χ2v) is 9.48. The summed E-state index contributed by atoms with van der Waals surface area (Å²) in [5.74, 6) is 0. The molecule has 0 amide bonds. The van der Waals surface area contributed by atoms with E-state index in [1.54, 1.807) is 6.98 Å². The number of benzene rings is 1. The number of fused-ring (bicyclic) bond motifs is 2. The van der Waals surface area contributed by atoms with E-state index >= 15 is 0 Å². The number of allylic oxidation sites excluding steroid dienone is 4. The van der Waals surface area contributed by atoms with E-state index in [9.17, 15) is 0 Å². The summed E-state index contributed by atoms with van der Waals surface area (Å²) >= 11 is 1.89. The van der Waals surface area contributed by atoms with Crippen molar-refractivity contribution in [3.63, 3.8) is 0 Å².